The highest BCUT2D eigenvalue weighted by molar-refractivity contribution is 5.79. The number of carbonyl (C=O) groups excluding carboxylic acids is 1. The van der Waals surface area contributed by atoms with E-state index in [4.69, 9.17) is 0 Å². The maximum Gasteiger partial charge on any atom is 0.223 e. The number of hydrogen-bond acceptors (Lipinski definition) is 4. The number of amides is 1. The van der Waals surface area contributed by atoms with Crippen LogP contribution in [0.15, 0.2) is 24.5 Å². The van der Waals surface area contributed by atoms with Crippen molar-refractivity contribution >= 4 is 5.91 Å². The van der Waals surface area contributed by atoms with Crippen LogP contribution in [0.25, 0.3) is 0 Å². The molecule has 1 saturated heterocycles. The van der Waals surface area contributed by atoms with E-state index in [2.05, 4.69) is 17.1 Å². The molecule has 4 saturated carbocycles. The van der Waals surface area contributed by atoms with Crippen LogP contribution in [0.5, 0.6) is 0 Å². The minimum Gasteiger partial charge on any atom is -0.393 e. The molecular formula is C20H26N2O3. The van der Waals surface area contributed by atoms with E-state index in [1.54, 1.807) is 4.90 Å². The molecule has 5 fully saturated rings. The number of hydrogen-bond donors (Lipinski definition) is 2. The summed E-state index contributed by atoms with van der Waals surface area (Å²) in [5, 5.41) is 20.1. The Bertz CT molecular complexity index is 641. The molecule has 1 aromatic rings. The summed E-state index contributed by atoms with van der Waals surface area (Å²) in [5.74, 6) is 1.94. The third kappa shape index (κ3) is 2.21. The average Bonchev–Trinajstić information content (AvgIpc) is 2.58. The lowest BCUT2D eigenvalue weighted by molar-refractivity contribution is -0.158. The van der Waals surface area contributed by atoms with Crippen LogP contribution in [0.2, 0.25) is 0 Å². The molecule has 1 aromatic heterocycles. The summed E-state index contributed by atoms with van der Waals surface area (Å²) in [7, 11) is 0. The van der Waals surface area contributed by atoms with E-state index in [0.717, 1.165) is 25.7 Å². The summed E-state index contributed by atoms with van der Waals surface area (Å²) in [4.78, 5) is 18.9. The van der Waals surface area contributed by atoms with Crippen LogP contribution in [0.3, 0.4) is 0 Å². The van der Waals surface area contributed by atoms with Crippen molar-refractivity contribution in [2.45, 2.75) is 49.7 Å². The number of pyridine rings is 1. The van der Waals surface area contributed by atoms with E-state index >= 15 is 0 Å². The van der Waals surface area contributed by atoms with Gasteiger partial charge >= 0.3 is 0 Å². The Hall–Kier alpha value is -1.46. The topological polar surface area (TPSA) is 73.7 Å². The first kappa shape index (κ1) is 15.8. The van der Waals surface area contributed by atoms with Crippen molar-refractivity contribution in [2.24, 2.45) is 23.7 Å². The lowest BCUT2D eigenvalue weighted by atomic mass is 9.42. The number of β-amino-alcohol motifs (C(OH)–C–C–N with tert-alkyl or cyclic N) is 1. The lowest BCUT2D eigenvalue weighted by Gasteiger charge is -2.63. The Labute approximate surface area is 148 Å². The second kappa shape index (κ2) is 5.52. The normalized spacial score (nSPS) is 42.5. The summed E-state index contributed by atoms with van der Waals surface area (Å²) in [6.45, 7) is 0.953. The first-order valence-electron chi connectivity index (χ1n) is 9.62. The van der Waals surface area contributed by atoms with Gasteiger partial charge in [-0.1, -0.05) is 0 Å². The fourth-order valence-corrected chi connectivity index (χ4v) is 6.51. The predicted molar refractivity (Wildman–Crippen MR) is 91.6 cm³/mol. The van der Waals surface area contributed by atoms with Gasteiger partial charge in [0.15, 0.2) is 0 Å². The molecule has 4 aliphatic carbocycles. The van der Waals surface area contributed by atoms with Crippen LogP contribution >= 0.6 is 0 Å². The average molecular weight is 342 g/mol. The number of nitrogens with zero attached hydrogens (tertiary/aromatic N) is 2. The molecule has 0 radical (unpaired) electrons. The van der Waals surface area contributed by atoms with Crippen LogP contribution in [-0.4, -0.2) is 51.3 Å². The van der Waals surface area contributed by atoms with Crippen LogP contribution < -0.4 is 0 Å². The maximum absolute atomic E-state index is 13.0. The molecule has 4 bridgehead atoms. The monoisotopic (exact) mass is 342 g/mol. The highest BCUT2D eigenvalue weighted by Crippen LogP contribution is 2.64. The van der Waals surface area contributed by atoms with Crippen LogP contribution in [-0.2, 0) is 10.2 Å². The van der Waals surface area contributed by atoms with Gasteiger partial charge in [0, 0.05) is 37.3 Å². The molecule has 6 rings (SSSR count). The van der Waals surface area contributed by atoms with Gasteiger partial charge in [0.2, 0.25) is 5.91 Å². The predicted octanol–water partition coefficient (Wildman–Crippen LogP) is 1.34. The lowest BCUT2D eigenvalue weighted by Crippen LogP contribution is -2.62. The van der Waals surface area contributed by atoms with E-state index in [1.807, 2.05) is 12.4 Å². The minimum absolute atomic E-state index is 0.117. The van der Waals surface area contributed by atoms with Crippen molar-refractivity contribution in [2.75, 3.05) is 13.1 Å². The van der Waals surface area contributed by atoms with Crippen molar-refractivity contribution in [3.8, 4) is 0 Å². The van der Waals surface area contributed by atoms with E-state index in [1.165, 1.54) is 5.56 Å². The molecule has 134 valence electrons. The summed E-state index contributed by atoms with van der Waals surface area (Å²) in [6, 6.07) is 4.19. The SMILES string of the molecule is O=C(CC1(c2ccncc2)C2CC3CC1CC(C2)C3O)N1CC(O)C1. The van der Waals surface area contributed by atoms with Gasteiger partial charge in [0.05, 0.1) is 12.2 Å². The molecule has 5 aliphatic rings. The zero-order valence-electron chi connectivity index (χ0n) is 14.4. The largest absolute Gasteiger partial charge is 0.393 e. The molecule has 1 amide bonds. The molecular weight excluding hydrogens is 316 g/mol. The summed E-state index contributed by atoms with van der Waals surface area (Å²) in [5.41, 5.74) is 1.13. The Morgan fingerprint density at radius 2 is 1.64 bits per heavy atom. The molecule has 0 spiro atoms. The Balaban J connectivity index is 1.51. The quantitative estimate of drug-likeness (QED) is 0.869. The highest BCUT2D eigenvalue weighted by atomic mass is 16.3. The number of aromatic nitrogens is 1. The van der Waals surface area contributed by atoms with Gasteiger partial charge in [-0.3, -0.25) is 9.78 Å². The third-order valence-corrected chi connectivity index (χ3v) is 7.65. The fraction of sp³-hybridized carbons (Fsp3) is 0.700. The van der Waals surface area contributed by atoms with E-state index in [9.17, 15) is 15.0 Å². The molecule has 5 heteroatoms. The molecule has 0 unspecified atom stereocenters. The van der Waals surface area contributed by atoms with Gasteiger partial charge in [0.1, 0.15) is 0 Å². The third-order valence-electron chi connectivity index (χ3n) is 7.65. The second-order valence-electron chi connectivity index (χ2n) is 8.75. The van der Waals surface area contributed by atoms with Crippen molar-refractivity contribution in [1.29, 1.82) is 0 Å². The number of aliphatic hydroxyl groups excluding tert-OH is 2. The van der Waals surface area contributed by atoms with Crippen molar-refractivity contribution in [3.05, 3.63) is 30.1 Å². The van der Waals surface area contributed by atoms with Crippen molar-refractivity contribution in [3.63, 3.8) is 0 Å². The Kier molecular flexibility index (Phi) is 3.48. The standard InChI is InChI=1S/C20H26N2O3/c23-17-10-22(11-17)18(24)9-20(14-1-3-21-4-2-14)15-5-12-6-16(20)8-13(7-15)19(12)25/h1-4,12-13,15-17,19,23,25H,5-11H2. The van der Waals surface area contributed by atoms with Gasteiger partial charge in [-0.25, -0.2) is 0 Å². The van der Waals surface area contributed by atoms with Crippen LogP contribution in [0.4, 0.5) is 0 Å². The van der Waals surface area contributed by atoms with Gasteiger partial charge < -0.3 is 15.1 Å². The van der Waals surface area contributed by atoms with Crippen LogP contribution in [0, 0.1) is 23.7 Å². The second-order valence-corrected chi connectivity index (χ2v) is 8.75. The molecule has 2 heterocycles. The summed E-state index contributed by atoms with van der Waals surface area (Å²) >= 11 is 0. The molecule has 0 atom stereocenters. The maximum atomic E-state index is 13.0. The van der Waals surface area contributed by atoms with Gasteiger partial charge in [0.25, 0.3) is 0 Å². The fourth-order valence-electron chi connectivity index (χ4n) is 6.51. The van der Waals surface area contributed by atoms with E-state index in [0.29, 0.717) is 43.2 Å². The van der Waals surface area contributed by atoms with E-state index < -0.39 is 0 Å². The van der Waals surface area contributed by atoms with Gasteiger partial charge in [-0.05, 0) is 67.1 Å². The number of likely N-dealkylation sites (tertiary alicyclic amines) is 1. The molecule has 5 nitrogen and oxygen atoms in total. The van der Waals surface area contributed by atoms with Crippen molar-refractivity contribution < 1.29 is 15.0 Å². The first-order valence-corrected chi connectivity index (χ1v) is 9.62. The van der Waals surface area contributed by atoms with Gasteiger partial charge in [-0.15, -0.1) is 0 Å². The number of carbonyl (C=O) groups is 1. The zero-order chi connectivity index (χ0) is 17.2. The Morgan fingerprint density at radius 3 is 2.16 bits per heavy atom. The Morgan fingerprint density at radius 1 is 1.08 bits per heavy atom. The number of rotatable bonds is 3. The molecule has 0 aromatic carbocycles. The smallest absolute Gasteiger partial charge is 0.223 e. The van der Waals surface area contributed by atoms with Crippen molar-refractivity contribution in [1.82, 2.24) is 9.88 Å². The van der Waals surface area contributed by atoms with Crippen LogP contribution in [0.1, 0.15) is 37.7 Å². The van der Waals surface area contributed by atoms with E-state index in [-0.39, 0.29) is 23.5 Å². The summed E-state index contributed by atoms with van der Waals surface area (Å²) in [6.07, 6.45) is 7.87. The highest BCUT2D eigenvalue weighted by Gasteiger charge is 2.61. The number of aliphatic hydroxyl groups is 2. The van der Waals surface area contributed by atoms with Gasteiger partial charge in [-0.2, -0.15) is 0 Å². The molecule has 25 heavy (non-hydrogen) atoms. The zero-order valence-corrected chi connectivity index (χ0v) is 14.4. The summed E-state index contributed by atoms with van der Waals surface area (Å²) < 4.78 is 0. The first-order chi connectivity index (χ1) is 12.1. The molecule has 2 N–H and O–H groups in total. The molecule has 1 aliphatic heterocycles. The minimum atomic E-state index is -0.352.